The smallest absolute Gasteiger partial charge is 0.289 e. The van der Waals surface area contributed by atoms with E-state index in [-0.39, 0.29) is 10.7 Å². The van der Waals surface area contributed by atoms with E-state index in [2.05, 4.69) is 0 Å². The highest BCUT2D eigenvalue weighted by Crippen LogP contribution is 2.30. The molecule has 1 aromatic rings. The van der Waals surface area contributed by atoms with Crippen LogP contribution in [0, 0.1) is 10.1 Å². The fraction of sp³-hybridized carbons (Fsp3) is 0.222. The fourth-order valence-corrected chi connectivity index (χ4v) is 2.21. The fourth-order valence-electron chi connectivity index (χ4n) is 0.939. The van der Waals surface area contributed by atoms with E-state index in [9.17, 15) is 10.1 Å². The van der Waals surface area contributed by atoms with Gasteiger partial charge in [-0.2, -0.15) is 0 Å². The number of thiocarbonyl (C=S) groups is 1. The molecule has 7 heteroatoms. The van der Waals surface area contributed by atoms with E-state index in [1.807, 2.05) is 6.92 Å². The van der Waals surface area contributed by atoms with Crippen LogP contribution >= 0.6 is 35.6 Å². The first-order valence-electron chi connectivity index (χ1n) is 4.33. The number of halogens is 1. The van der Waals surface area contributed by atoms with Crippen molar-refractivity contribution in [1.82, 2.24) is 0 Å². The first kappa shape index (κ1) is 13.2. The number of hydrogen-bond acceptors (Lipinski definition) is 5. The quantitative estimate of drug-likeness (QED) is 0.365. The minimum absolute atomic E-state index is 0.108. The molecule has 0 heterocycles. The molecule has 86 valence electrons. The van der Waals surface area contributed by atoms with Crippen LogP contribution in [0.2, 0.25) is 5.02 Å². The van der Waals surface area contributed by atoms with Gasteiger partial charge in [0.15, 0.2) is 0 Å². The van der Waals surface area contributed by atoms with Crippen LogP contribution in [-0.4, -0.2) is 15.9 Å². The number of nitro benzene ring substituents is 1. The van der Waals surface area contributed by atoms with Crippen LogP contribution in [0.3, 0.4) is 0 Å². The van der Waals surface area contributed by atoms with Gasteiger partial charge in [0.25, 0.3) is 5.69 Å². The van der Waals surface area contributed by atoms with E-state index in [0.717, 1.165) is 11.8 Å². The van der Waals surface area contributed by atoms with E-state index < -0.39 is 4.92 Å². The van der Waals surface area contributed by atoms with Crippen LogP contribution in [0.25, 0.3) is 0 Å². The van der Waals surface area contributed by atoms with Crippen LogP contribution in [0.1, 0.15) is 6.92 Å². The summed E-state index contributed by atoms with van der Waals surface area (Å²) in [5.74, 6) is 0. The normalized spacial score (nSPS) is 9.88. The Bertz CT molecular complexity index is 425. The molecule has 0 aromatic heterocycles. The van der Waals surface area contributed by atoms with Gasteiger partial charge in [-0.05, 0) is 43.0 Å². The van der Waals surface area contributed by atoms with E-state index in [1.165, 1.54) is 12.1 Å². The van der Waals surface area contributed by atoms with Gasteiger partial charge in [-0.3, -0.25) is 10.1 Å². The Morgan fingerprint density at radius 1 is 1.69 bits per heavy atom. The molecule has 16 heavy (non-hydrogen) atoms. The lowest BCUT2D eigenvalue weighted by atomic mass is 10.3. The third kappa shape index (κ3) is 3.62. The Hall–Kier alpha value is -0.850. The molecule has 0 bridgehead atoms. The Balaban J connectivity index is 2.87. The zero-order chi connectivity index (χ0) is 12.1. The van der Waals surface area contributed by atoms with Gasteiger partial charge < -0.3 is 4.74 Å². The van der Waals surface area contributed by atoms with Crippen molar-refractivity contribution in [3.8, 4) is 0 Å². The van der Waals surface area contributed by atoms with Crippen molar-refractivity contribution < 1.29 is 9.66 Å². The number of thioether (sulfide) groups is 1. The molecule has 0 aliphatic heterocycles. The van der Waals surface area contributed by atoms with Crippen molar-refractivity contribution in [1.29, 1.82) is 0 Å². The molecule has 1 rings (SSSR count). The number of hydrogen-bond donors (Lipinski definition) is 0. The Labute approximate surface area is 107 Å². The minimum atomic E-state index is -0.532. The van der Waals surface area contributed by atoms with Gasteiger partial charge in [-0.1, -0.05) is 11.6 Å². The van der Waals surface area contributed by atoms with Crippen molar-refractivity contribution in [3.05, 3.63) is 33.3 Å². The Morgan fingerprint density at radius 3 is 2.94 bits per heavy atom. The molecule has 0 aliphatic rings. The lowest BCUT2D eigenvalue weighted by molar-refractivity contribution is -0.384. The summed E-state index contributed by atoms with van der Waals surface area (Å²) >= 11 is 11.7. The van der Waals surface area contributed by atoms with Crippen LogP contribution < -0.4 is 0 Å². The van der Waals surface area contributed by atoms with Gasteiger partial charge in [0, 0.05) is 11.0 Å². The topological polar surface area (TPSA) is 52.4 Å². The molecule has 0 atom stereocenters. The first-order chi connectivity index (χ1) is 7.54. The van der Waals surface area contributed by atoms with Gasteiger partial charge in [0.1, 0.15) is 5.02 Å². The lowest BCUT2D eigenvalue weighted by Gasteiger charge is -2.04. The van der Waals surface area contributed by atoms with Gasteiger partial charge in [-0.15, -0.1) is 0 Å². The maximum atomic E-state index is 10.6. The summed E-state index contributed by atoms with van der Waals surface area (Å²) < 4.78 is 5.40. The molecule has 1 aromatic carbocycles. The predicted molar refractivity (Wildman–Crippen MR) is 68.2 cm³/mol. The third-order valence-corrected chi connectivity index (χ3v) is 3.04. The summed E-state index contributed by atoms with van der Waals surface area (Å²) in [5, 5.41) is 10.7. The first-order valence-corrected chi connectivity index (χ1v) is 5.93. The maximum Gasteiger partial charge on any atom is 0.289 e. The van der Waals surface area contributed by atoms with E-state index in [4.69, 9.17) is 28.6 Å². The van der Waals surface area contributed by atoms with E-state index in [1.54, 1.807) is 6.07 Å². The predicted octanol–water partition coefficient (Wildman–Crippen LogP) is 3.66. The molecule has 0 N–H and O–H groups in total. The monoisotopic (exact) mass is 277 g/mol. The molecule has 0 unspecified atom stereocenters. The minimum Gasteiger partial charge on any atom is -0.479 e. The molecule has 0 spiro atoms. The summed E-state index contributed by atoms with van der Waals surface area (Å²) in [5.41, 5.74) is -0.133. The van der Waals surface area contributed by atoms with Crippen LogP contribution in [0.15, 0.2) is 23.1 Å². The Kier molecular flexibility index (Phi) is 4.98. The highest BCUT2D eigenvalue weighted by atomic mass is 35.5. The second kappa shape index (κ2) is 6.03. The summed E-state index contributed by atoms with van der Waals surface area (Å²) in [6, 6.07) is 4.50. The van der Waals surface area contributed by atoms with Crippen LogP contribution in [-0.2, 0) is 4.74 Å². The largest absolute Gasteiger partial charge is 0.479 e. The zero-order valence-electron chi connectivity index (χ0n) is 8.31. The van der Waals surface area contributed by atoms with Gasteiger partial charge in [0.2, 0.25) is 4.38 Å². The SMILES string of the molecule is CCOC(=S)Sc1ccc(Cl)c([N+](=O)[O-])c1. The molecular weight excluding hydrogens is 270 g/mol. The molecule has 0 amide bonds. The van der Waals surface area contributed by atoms with Crippen molar-refractivity contribution in [2.75, 3.05) is 6.61 Å². The zero-order valence-corrected chi connectivity index (χ0v) is 10.7. The lowest BCUT2D eigenvalue weighted by Crippen LogP contribution is -1.96. The molecule has 0 saturated carbocycles. The Morgan fingerprint density at radius 2 is 2.38 bits per heavy atom. The van der Waals surface area contributed by atoms with E-state index in [0.29, 0.717) is 15.9 Å². The molecule has 0 fully saturated rings. The van der Waals surface area contributed by atoms with E-state index >= 15 is 0 Å². The van der Waals surface area contributed by atoms with Crippen LogP contribution in [0.5, 0.6) is 0 Å². The summed E-state index contributed by atoms with van der Waals surface area (Å²) in [4.78, 5) is 10.7. The second-order valence-corrected chi connectivity index (χ2v) is 4.74. The van der Waals surface area contributed by atoms with Crippen molar-refractivity contribution in [3.63, 3.8) is 0 Å². The number of benzene rings is 1. The average Bonchev–Trinajstić information content (AvgIpc) is 2.21. The standard InChI is InChI=1S/C9H8ClNO3S2/c1-2-14-9(15)16-6-3-4-7(10)8(5-6)11(12)13/h3-5H,2H2,1H3. The number of ether oxygens (including phenoxy) is 1. The third-order valence-electron chi connectivity index (χ3n) is 1.58. The van der Waals surface area contributed by atoms with Crippen molar-refractivity contribution >= 4 is 45.7 Å². The van der Waals surface area contributed by atoms with Gasteiger partial charge >= 0.3 is 0 Å². The molecule has 0 radical (unpaired) electrons. The highest BCUT2D eigenvalue weighted by Gasteiger charge is 2.13. The average molecular weight is 278 g/mol. The summed E-state index contributed by atoms with van der Waals surface area (Å²) in [6.07, 6.45) is 0. The maximum absolute atomic E-state index is 10.6. The molecule has 0 saturated heterocycles. The number of nitro groups is 1. The molecule has 4 nitrogen and oxygen atoms in total. The van der Waals surface area contributed by atoms with Crippen LogP contribution in [0.4, 0.5) is 5.69 Å². The van der Waals surface area contributed by atoms with Crippen molar-refractivity contribution in [2.24, 2.45) is 0 Å². The summed E-state index contributed by atoms with van der Waals surface area (Å²) in [7, 11) is 0. The summed E-state index contributed by atoms with van der Waals surface area (Å²) in [6.45, 7) is 2.29. The molecule has 0 aliphatic carbocycles. The number of nitrogens with zero attached hydrogens (tertiary/aromatic N) is 1. The molecular formula is C9H8ClNO3S2. The second-order valence-electron chi connectivity index (χ2n) is 2.66. The van der Waals surface area contributed by atoms with Gasteiger partial charge in [-0.25, -0.2) is 0 Å². The van der Waals surface area contributed by atoms with Crippen molar-refractivity contribution in [2.45, 2.75) is 11.8 Å². The highest BCUT2D eigenvalue weighted by molar-refractivity contribution is 8.22. The number of rotatable bonds is 3. The van der Waals surface area contributed by atoms with Gasteiger partial charge in [0.05, 0.1) is 11.5 Å².